The normalized spacial score (nSPS) is 23.6. The lowest BCUT2D eigenvalue weighted by atomic mass is 9.93. The van der Waals surface area contributed by atoms with Gasteiger partial charge in [-0.1, -0.05) is 0 Å². The number of ether oxygens (including phenoxy) is 1. The van der Waals surface area contributed by atoms with E-state index in [1.807, 2.05) is 6.07 Å². The van der Waals surface area contributed by atoms with Crippen LogP contribution in [0.1, 0.15) is 35.8 Å². The highest BCUT2D eigenvalue weighted by atomic mass is 16.5. The van der Waals surface area contributed by atoms with Gasteiger partial charge in [-0.25, -0.2) is 4.79 Å². The van der Waals surface area contributed by atoms with Crippen LogP contribution < -0.4 is 5.73 Å². The van der Waals surface area contributed by atoms with Gasteiger partial charge >= 0.3 is 5.97 Å². The molecule has 1 aliphatic heterocycles. The minimum absolute atomic E-state index is 0.349. The summed E-state index contributed by atoms with van der Waals surface area (Å²) in [6.45, 7) is 4.82. The molecule has 0 saturated carbocycles. The summed E-state index contributed by atoms with van der Waals surface area (Å²) in [5.74, 6) is 0.235. The highest BCUT2D eigenvalue weighted by Crippen LogP contribution is 2.22. The Hall–Kier alpha value is -1.46. The third-order valence-electron chi connectivity index (χ3n) is 4.05. The van der Waals surface area contributed by atoms with Crippen LogP contribution in [0.25, 0.3) is 0 Å². The van der Waals surface area contributed by atoms with Crippen molar-refractivity contribution in [1.82, 2.24) is 9.88 Å². The molecule has 1 saturated heterocycles. The van der Waals surface area contributed by atoms with Crippen LogP contribution in [0, 0.1) is 5.92 Å². The van der Waals surface area contributed by atoms with Crippen molar-refractivity contribution in [2.24, 2.45) is 11.7 Å². The number of hydrogen-bond acceptors (Lipinski definition) is 5. The number of likely N-dealkylation sites (tertiary alicyclic amines) is 1. The predicted molar refractivity (Wildman–Crippen MR) is 77.2 cm³/mol. The largest absolute Gasteiger partial charge is 0.465 e. The van der Waals surface area contributed by atoms with Crippen molar-refractivity contribution in [2.75, 3.05) is 20.2 Å². The van der Waals surface area contributed by atoms with Crippen molar-refractivity contribution in [1.29, 1.82) is 0 Å². The van der Waals surface area contributed by atoms with Crippen LogP contribution >= 0.6 is 0 Å². The van der Waals surface area contributed by atoms with Gasteiger partial charge in [-0.2, -0.15) is 0 Å². The lowest BCUT2D eigenvalue weighted by Gasteiger charge is -2.37. The van der Waals surface area contributed by atoms with Gasteiger partial charge in [-0.05, 0) is 44.4 Å². The molecule has 2 atom stereocenters. The maximum atomic E-state index is 11.4. The molecule has 1 fully saturated rings. The Kier molecular flexibility index (Phi) is 5.09. The molecule has 2 heterocycles. The third kappa shape index (κ3) is 3.55. The van der Waals surface area contributed by atoms with E-state index in [2.05, 4.69) is 21.5 Å². The van der Waals surface area contributed by atoms with Crippen molar-refractivity contribution in [3.63, 3.8) is 0 Å². The molecule has 0 radical (unpaired) electrons. The van der Waals surface area contributed by atoms with Gasteiger partial charge in [0.2, 0.25) is 0 Å². The Bertz CT molecular complexity index is 447. The van der Waals surface area contributed by atoms with Crippen LogP contribution in [0.5, 0.6) is 0 Å². The molecule has 20 heavy (non-hydrogen) atoms. The number of piperidine rings is 1. The molecule has 0 bridgehead atoms. The second-order valence-corrected chi connectivity index (χ2v) is 5.49. The minimum atomic E-state index is -0.349. The number of methoxy groups -OCH3 is 1. The van der Waals surface area contributed by atoms with Gasteiger partial charge in [0.1, 0.15) is 0 Å². The van der Waals surface area contributed by atoms with Gasteiger partial charge < -0.3 is 10.5 Å². The number of carbonyl (C=O) groups excluding carboxylic acids is 1. The fourth-order valence-electron chi connectivity index (χ4n) is 2.64. The second-order valence-electron chi connectivity index (χ2n) is 5.49. The second kappa shape index (κ2) is 6.81. The molecule has 1 aromatic rings. The summed E-state index contributed by atoms with van der Waals surface area (Å²) < 4.78 is 4.67. The van der Waals surface area contributed by atoms with Crippen molar-refractivity contribution in [2.45, 2.75) is 32.4 Å². The maximum absolute atomic E-state index is 11.4. The highest BCUT2D eigenvalue weighted by Gasteiger charge is 2.24. The molecule has 5 heteroatoms. The van der Waals surface area contributed by atoms with E-state index in [1.165, 1.54) is 20.0 Å². The van der Waals surface area contributed by atoms with Crippen molar-refractivity contribution < 1.29 is 9.53 Å². The molecule has 1 aliphatic rings. The Balaban J connectivity index is 2.00. The molecule has 1 aromatic heterocycles. The van der Waals surface area contributed by atoms with E-state index in [1.54, 1.807) is 12.3 Å². The number of carbonyl (C=O) groups is 1. The zero-order valence-corrected chi connectivity index (χ0v) is 12.2. The van der Waals surface area contributed by atoms with Gasteiger partial charge in [-0.15, -0.1) is 0 Å². The number of esters is 1. The first kappa shape index (κ1) is 14.9. The Morgan fingerprint density at radius 2 is 2.30 bits per heavy atom. The maximum Gasteiger partial charge on any atom is 0.339 e. The molecule has 2 unspecified atom stereocenters. The van der Waals surface area contributed by atoms with E-state index >= 15 is 0 Å². The highest BCUT2D eigenvalue weighted by molar-refractivity contribution is 5.88. The van der Waals surface area contributed by atoms with Crippen LogP contribution in [0.2, 0.25) is 0 Å². The molecule has 5 nitrogen and oxygen atoms in total. The Labute approximate surface area is 120 Å². The fraction of sp³-hybridized carbons (Fsp3) is 0.600. The van der Waals surface area contributed by atoms with Crippen LogP contribution in [0.15, 0.2) is 18.3 Å². The smallest absolute Gasteiger partial charge is 0.339 e. The molecule has 110 valence electrons. The molecular formula is C15H23N3O2. The lowest BCUT2D eigenvalue weighted by Crippen LogP contribution is -2.43. The van der Waals surface area contributed by atoms with E-state index in [4.69, 9.17) is 5.73 Å². The van der Waals surface area contributed by atoms with E-state index < -0.39 is 0 Å². The van der Waals surface area contributed by atoms with Crippen LogP contribution in [-0.4, -0.2) is 42.1 Å². The molecule has 2 N–H and O–H groups in total. The summed E-state index contributed by atoms with van der Waals surface area (Å²) >= 11 is 0. The van der Waals surface area contributed by atoms with Crippen molar-refractivity contribution in [3.05, 3.63) is 29.6 Å². The third-order valence-corrected chi connectivity index (χ3v) is 4.05. The van der Waals surface area contributed by atoms with E-state index in [9.17, 15) is 4.79 Å². The van der Waals surface area contributed by atoms with Gasteiger partial charge in [0.15, 0.2) is 0 Å². The standard InChI is InChI=1S/C15H23N3O2/c1-11-3-4-12(7-16)9-18(11)10-14-6-5-13(8-17-14)15(19)20-2/h5-6,8,11-12H,3-4,7,9-10,16H2,1-2H3. The lowest BCUT2D eigenvalue weighted by molar-refractivity contribution is 0.0600. The average molecular weight is 277 g/mol. The van der Waals surface area contributed by atoms with Crippen LogP contribution in [0.4, 0.5) is 0 Å². The molecule has 0 amide bonds. The minimum Gasteiger partial charge on any atom is -0.465 e. The molecule has 0 aliphatic carbocycles. The van der Waals surface area contributed by atoms with E-state index in [0.29, 0.717) is 17.5 Å². The van der Waals surface area contributed by atoms with Gasteiger partial charge in [0, 0.05) is 25.3 Å². The molecule has 2 rings (SSSR count). The quantitative estimate of drug-likeness (QED) is 0.843. The summed E-state index contributed by atoms with van der Waals surface area (Å²) in [4.78, 5) is 18.1. The first-order valence-electron chi connectivity index (χ1n) is 7.11. The van der Waals surface area contributed by atoms with E-state index in [0.717, 1.165) is 25.3 Å². The molecular weight excluding hydrogens is 254 g/mol. The number of rotatable bonds is 4. The van der Waals surface area contributed by atoms with Crippen molar-refractivity contribution >= 4 is 5.97 Å². The average Bonchev–Trinajstić information content (AvgIpc) is 2.49. The SMILES string of the molecule is COC(=O)c1ccc(CN2CC(CN)CCC2C)nc1. The predicted octanol–water partition coefficient (Wildman–Crippen LogP) is 1.43. The monoisotopic (exact) mass is 277 g/mol. The summed E-state index contributed by atoms with van der Waals surface area (Å²) in [7, 11) is 1.37. The summed E-state index contributed by atoms with van der Waals surface area (Å²) in [5, 5.41) is 0. The number of hydrogen-bond donors (Lipinski definition) is 1. The van der Waals surface area contributed by atoms with Gasteiger partial charge in [0.25, 0.3) is 0 Å². The Morgan fingerprint density at radius 3 is 2.90 bits per heavy atom. The summed E-state index contributed by atoms with van der Waals surface area (Å²) in [6.07, 6.45) is 3.97. The van der Waals surface area contributed by atoms with Gasteiger partial charge in [0.05, 0.1) is 18.4 Å². The first-order chi connectivity index (χ1) is 9.63. The van der Waals surface area contributed by atoms with Gasteiger partial charge in [-0.3, -0.25) is 9.88 Å². The van der Waals surface area contributed by atoms with Crippen LogP contribution in [-0.2, 0) is 11.3 Å². The summed E-state index contributed by atoms with van der Waals surface area (Å²) in [5.41, 5.74) is 7.24. The summed E-state index contributed by atoms with van der Waals surface area (Å²) in [6, 6.07) is 4.22. The zero-order valence-electron chi connectivity index (χ0n) is 12.2. The number of aromatic nitrogens is 1. The number of nitrogens with two attached hydrogens (primary N) is 1. The van der Waals surface area contributed by atoms with Crippen LogP contribution in [0.3, 0.4) is 0 Å². The number of nitrogens with zero attached hydrogens (tertiary/aromatic N) is 2. The van der Waals surface area contributed by atoms with Crippen molar-refractivity contribution in [3.8, 4) is 0 Å². The van der Waals surface area contributed by atoms with E-state index in [-0.39, 0.29) is 5.97 Å². The molecule has 0 spiro atoms. The zero-order chi connectivity index (χ0) is 14.5. The first-order valence-corrected chi connectivity index (χ1v) is 7.11. The Morgan fingerprint density at radius 1 is 1.50 bits per heavy atom. The fourth-order valence-corrected chi connectivity index (χ4v) is 2.64. The molecule has 0 aromatic carbocycles. The number of pyridine rings is 1. The topological polar surface area (TPSA) is 68.5 Å².